The molecule has 4 rings (SSSR count). The fourth-order valence-electron chi connectivity index (χ4n) is 6.91. The highest BCUT2D eigenvalue weighted by atomic mass is 16.6. The molecular weight excluding hydrogens is 324 g/mol. The van der Waals surface area contributed by atoms with Gasteiger partial charge in [0.15, 0.2) is 0 Å². The minimum Gasteiger partial charge on any atom is -0.328 e. The number of rotatable bonds is 4. The first-order valence-electron chi connectivity index (χ1n) is 10.4. The normalized spacial score (nSPS) is 44.8. The van der Waals surface area contributed by atoms with E-state index in [9.17, 15) is 4.79 Å². The smallest absolute Gasteiger partial charge is 0.139 e. The summed E-state index contributed by atoms with van der Waals surface area (Å²) in [4.78, 5) is 18.0. The molecule has 0 saturated heterocycles. The minimum atomic E-state index is -0.0576. The molecule has 0 bridgehead atoms. The molecule has 0 spiro atoms. The second-order valence-electron chi connectivity index (χ2n) is 9.57. The second kappa shape index (κ2) is 6.49. The Morgan fingerprint density at radius 2 is 2.08 bits per heavy atom. The van der Waals surface area contributed by atoms with E-state index >= 15 is 0 Å². The summed E-state index contributed by atoms with van der Waals surface area (Å²) in [5, 5.41) is 0. The molecule has 4 aliphatic carbocycles. The van der Waals surface area contributed by atoms with E-state index in [1.54, 1.807) is 0 Å². The van der Waals surface area contributed by atoms with Crippen molar-refractivity contribution in [3.8, 4) is 0 Å². The summed E-state index contributed by atoms with van der Waals surface area (Å²) in [5.74, 6) is 2.86. The number of hydrogen-bond donors (Lipinski definition) is 2. The Morgan fingerprint density at radius 1 is 1.27 bits per heavy atom. The maximum Gasteiger partial charge on any atom is 0.139 e. The predicted molar refractivity (Wildman–Crippen MR) is 103 cm³/mol. The van der Waals surface area contributed by atoms with E-state index in [1.165, 1.54) is 24.1 Å². The van der Waals surface area contributed by atoms with E-state index in [1.807, 2.05) is 0 Å². The van der Waals surface area contributed by atoms with Crippen molar-refractivity contribution in [2.75, 3.05) is 13.2 Å². The first-order valence-corrected chi connectivity index (χ1v) is 10.4. The highest BCUT2D eigenvalue weighted by molar-refractivity contribution is 5.87. The van der Waals surface area contributed by atoms with Gasteiger partial charge in [-0.15, -0.1) is 0 Å². The first kappa shape index (κ1) is 18.2. The lowest BCUT2D eigenvalue weighted by Crippen LogP contribution is -2.53. The van der Waals surface area contributed by atoms with Gasteiger partial charge < -0.3 is 5.73 Å². The quantitative estimate of drug-likeness (QED) is 0.456. The Labute approximate surface area is 157 Å². The maximum atomic E-state index is 12.6. The average molecular weight is 359 g/mol. The number of allylic oxidation sites excluding steroid dienone is 3. The number of hydroxylamine groups is 1. The molecule has 0 amide bonds. The summed E-state index contributed by atoms with van der Waals surface area (Å²) in [6, 6.07) is 0. The van der Waals surface area contributed by atoms with Crippen molar-refractivity contribution < 1.29 is 9.63 Å². The molecule has 144 valence electrons. The van der Waals surface area contributed by atoms with E-state index in [0.29, 0.717) is 42.6 Å². The Kier molecular flexibility index (Phi) is 4.55. The van der Waals surface area contributed by atoms with Gasteiger partial charge in [-0.3, -0.25) is 15.1 Å². The van der Waals surface area contributed by atoms with E-state index in [0.717, 1.165) is 32.1 Å². The minimum absolute atomic E-state index is 0.0576. The second-order valence-corrected chi connectivity index (χ2v) is 9.57. The molecule has 0 heterocycles. The molecule has 0 aromatic heterocycles. The molecule has 26 heavy (non-hydrogen) atoms. The van der Waals surface area contributed by atoms with Crippen molar-refractivity contribution in [2.45, 2.75) is 58.8 Å². The highest BCUT2D eigenvalue weighted by Gasteiger charge is 2.60. The zero-order chi connectivity index (χ0) is 18.5. The van der Waals surface area contributed by atoms with Crippen LogP contribution in [0, 0.1) is 34.5 Å². The van der Waals surface area contributed by atoms with Crippen LogP contribution in [0.4, 0.5) is 0 Å². The lowest BCUT2D eigenvalue weighted by molar-refractivity contribution is -0.133. The van der Waals surface area contributed by atoms with Gasteiger partial charge in [0, 0.05) is 30.0 Å². The molecule has 3 N–H and O–H groups in total. The molecule has 0 aromatic carbocycles. The van der Waals surface area contributed by atoms with E-state index in [4.69, 9.17) is 10.6 Å². The van der Waals surface area contributed by atoms with Crippen molar-refractivity contribution in [3.05, 3.63) is 23.9 Å². The van der Waals surface area contributed by atoms with Gasteiger partial charge in [0.25, 0.3) is 0 Å². The van der Waals surface area contributed by atoms with Gasteiger partial charge in [0.05, 0.1) is 6.61 Å². The monoisotopic (exact) mass is 358 g/mol. The van der Waals surface area contributed by atoms with Crippen molar-refractivity contribution in [1.82, 2.24) is 5.48 Å². The summed E-state index contributed by atoms with van der Waals surface area (Å²) < 4.78 is 0. The van der Waals surface area contributed by atoms with Crippen LogP contribution >= 0.6 is 0 Å². The summed E-state index contributed by atoms with van der Waals surface area (Å²) in [6.07, 6.45) is 9.82. The van der Waals surface area contributed by atoms with Crippen LogP contribution in [0.5, 0.6) is 0 Å². The van der Waals surface area contributed by atoms with Crippen LogP contribution < -0.4 is 11.2 Å². The molecule has 6 atom stereocenters. The summed E-state index contributed by atoms with van der Waals surface area (Å²) in [5.41, 5.74) is 11.4. The van der Waals surface area contributed by atoms with Gasteiger partial charge >= 0.3 is 0 Å². The number of Topliss-reactive ketones (excluding diaryl/α,β-unsaturated/α-hetero) is 1. The molecule has 0 aromatic rings. The summed E-state index contributed by atoms with van der Waals surface area (Å²) >= 11 is 0. The molecule has 4 nitrogen and oxygen atoms in total. The van der Waals surface area contributed by atoms with E-state index in [2.05, 4.69) is 32.0 Å². The average Bonchev–Trinajstić information content (AvgIpc) is 2.92. The van der Waals surface area contributed by atoms with Crippen LogP contribution in [0.15, 0.2) is 23.9 Å². The molecule has 4 aliphatic rings. The van der Waals surface area contributed by atoms with Crippen LogP contribution in [0.2, 0.25) is 0 Å². The van der Waals surface area contributed by atoms with Gasteiger partial charge in [0.2, 0.25) is 0 Å². The van der Waals surface area contributed by atoms with Gasteiger partial charge in [-0.05, 0) is 61.7 Å². The lowest BCUT2D eigenvalue weighted by atomic mass is 9.45. The molecule has 0 radical (unpaired) electrons. The van der Waals surface area contributed by atoms with Crippen molar-refractivity contribution in [3.63, 3.8) is 0 Å². The van der Waals surface area contributed by atoms with E-state index < -0.39 is 0 Å². The van der Waals surface area contributed by atoms with Crippen molar-refractivity contribution in [2.24, 2.45) is 40.2 Å². The van der Waals surface area contributed by atoms with Gasteiger partial charge in [0.1, 0.15) is 5.78 Å². The summed E-state index contributed by atoms with van der Waals surface area (Å²) in [7, 11) is 0. The number of nitrogens with one attached hydrogen (secondary N) is 1. The zero-order valence-electron chi connectivity index (χ0n) is 16.4. The van der Waals surface area contributed by atoms with Crippen LogP contribution in [-0.2, 0) is 9.63 Å². The van der Waals surface area contributed by atoms with E-state index in [-0.39, 0.29) is 10.8 Å². The maximum absolute atomic E-state index is 12.6. The topological polar surface area (TPSA) is 64.3 Å². The van der Waals surface area contributed by atoms with Crippen LogP contribution in [0.25, 0.3) is 0 Å². The number of fused-ring (bicyclic) bond motifs is 5. The third-order valence-electron chi connectivity index (χ3n) is 8.37. The standard InChI is InChI=1S/C22H34N2O2/c1-14-12-16-17-4-5-20(25)22(17,3)9-7-18(16)21(2)8-6-15(13-19(14)21)24-26-11-10-23/h13,16-19,24H,1,4-12,23H2,2-3H3/t16-,17-,18+,19?,21+,22-/m0/s1. The fraction of sp³-hybridized carbons (Fsp3) is 0.773. The van der Waals surface area contributed by atoms with Crippen LogP contribution in [-0.4, -0.2) is 18.9 Å². The number of ketones is 1. The third-order valence-corrected chi connectivity index (χ3v) is 8.37. The molecule has 3 fully saturated rings. The van der Waals surface area contributed by atoms with Crippen molar-refractivity contribution >= 4 is 5.78 Å². The van der Waals surface area contributed by atoms with Gasteiger partial charge in [-0.1, -0.05) is 32.1 Å². The Bertz CT molecular complexity index is 642. The Balaban J connectivity index is 1.58. The van der Waals surface area contributed by atoms with Crippen LogP contribution in [0.1, 0.15) is 58.8 Å². The number of carbonyl (C=O) groups excluding carboxylic acids is 1. The lowest BCUT2D eigenvalue weighted by Gasteiger charge is -2.59. The van der Waals surface area contributed by atoms with Crippen molar-refractivity contribution in [1.29, 1.82) is 0 Å². The largest absolute Gasteiger partial charge is 0.328 e. The predicted octanol–water partition coefficient (Wildman–Crippen LogP) is 3.74. The summed E-state index contributed by atoms with van der Waals surface area (Å²) in [6.45, 7) is 10.3. The molecule has 4 heteroatoms. The Morgan fingerprint density at radius 3 is 2.85 bits per heavy atom. The number of carbonyl (C=O) groups is 1. The number of nitrogens with two attached hydrogens (primary N) is 1. The molecule has 0 aliphatic heterocycles. The van der Waals surface area contributed by atoms with Crippen LogP contribution in [0.3, 0.4) is 0 Å². The first-order chi connectivity index (χ1) is 12.4. The van der Waals surface area contributed by atoms with Gasteiger partial charge in [-0.2, -0.15) is 0 Å². The molecule has 1 unspecified atom stereocenters. The van der Waals surface area contributed by atoms with Gasteiger partial charge in [-0.25, -0.2) is 0 Å². The third kappa shape index (κ3) is 2.60. The SMILES string of the molecule is C=C1C[C@@H]2[C@@H](CC[C@]3(C)C(=O)CC[C@@H]23)[C@@]2(C)CCC(NOCCN)=CC12. The molecule has 3 saturated carbocycles. The fourth-order valence-corrected chi connectivity index (χ4v) is 6.91. The highest BCUT2D eigenvalue weighted by Crippen LogP contribution is 2.65. The Hall–Kier alpha value is -1.13. The number of hydrogen-bond acceptors (Lipinski definition) is 4. The zero-order valence-corrected chi connectivity index (χ0v) is 16.4. The molecular formula is C22H34N2O2.